The first kappa shape index (κ1) is 17.6. The molecule has 9 heteroatoms. The smallest absolute Gasteiger partial charge is 0.294 e. The third-order valence-corrected chi connectivity index (χ3v) is 3.91. The second kappa shape index (κ2) is 6.96. The van der Waals surface area contributed by atoms with E-state index in [-0.39, 0.29) is 5.76 Å². The summed E-state index contributed by atoms with van der Waals surface area (Å²) in [5.74, 6) is -0.995. The van der Waals surface area contributed by atoms with Crippen LogP contribution in [0.1, 0.15) is 10.6 Å². The van der Waals surface area contributed by atoms with Crippen LogP contribution in [0.2, 0.25) is 0 Å². The fraction of sp³-hybridized carbons (Fsp3) is 0.0588. The molecule has 0 aliphatic rings. The van der Waals surface area contributed by atoms with E-state index in [0.717, 1.165) is 6.26 Å². The zero-order valence-corrected chi connectivity index (χ0v) is 14.4. The summed E-state index contributed by atoms with van der Waals surface area (Å²) < 4.78 is 42.9. The zero-order chi connectivity index (χ0) is 18.7. The first-order chi connectivity index (χ1) is 12.3. The van der Waals surface area contributed by atoms with E-state index in [1.165, 1.54) is 48.5 Å². The van der Waals surface area contributed by atoms with E-state index in [9.17, 15) is 17.6 Å². The molecule has 0 aliphatic heterocycles. The lowest BCUT2D eigenvalue weighted by Gasteiger charge is -2.06. The summed E-state index contributed by atoms with van der Waals surface area (Å²) in [6.07, 6.45) is 1.04. The van der Waals surface area contributed by atoms with Crippen LogP contribution in [0.3, 0.4) is 0 Å². The van der Waals surface area contributed by atoms with Gasteiger partial charge in [0, 0.05) is 23.0 Å². The van der Waals surface area contributed by atoms with Gasteiger partial charge < -0.3 is 9.84 Å². The molecule has 7 nitrogen and oxygen atoms in total. The molecule has 1 heterocycles. The fourth-order valence-corrected chi connectivity index (χ4v) is 2.76. The Morgan fingerprint density at radius 2 is 1.77 bits per heavy atom. The lowest BCUT2D eigenvalue weighted by molar-refractivity contribution is 0.0988. The molecule has 3 aromatic rings. The Kier molecular flexibility index (Phi) is 4.72. The third-order valence-electron chi connectivity index (χ3n) is 3.30. The Hall–Kier alpha value is -3.20. The van der Waals surface area contributed by atoms with Gasteiger partial charge in [-0.25, -0.2) is 12.8 Å². The van der Waals surface area contributed by atoms with Crippen LogP contribution in [0.15, 0.2) is 59.1 Å². The van der Waals surface area contributed by atoms with E-state index in [1.807, 2.05) is 0 Å². The van der Waals surface area contributed by atoms with E-state index >= 15 is 0 Å². The lowest BCUT2D eigenvalue weighted by Crippen LogP contribution is -2.12. The van der Waals surface area contributed by atoms with Crippen molar-refractivity contribution in [3.05, 3.63) is 66.2 Å². The number of sulfonamides is 1. The summed E-state index contributed by atoms with van der Waals surface area (Å²) in [5, 5.41) is 6.37. The number of rotatable bonds is 5. The molecule has 1 amide bonds. The number of aromatic nitrogens is 1. The molecule has 26 heavy (non-hydrogen) atoms. The molecule has 0 atom stereocenters. The quantitative estimate of drug-likeness (QED) is 0.714. The number of carbonyl (C=O) groups is 1. The molecule has 1 aromatic heterocycles. The average molecular weight is 375 g/mol. The van der Waals surface area contributed by atoms with Gasteiger partial charge >= 0.3 is 0 Å². The number of nitrogens with zero attached hydrogens (tertiary/aromatic N) is 1. The predicted octanol–water partition coefficient (Wildman–Crippen LogP) is 3.10. The molecule has 2 N–H and O–H groups in total. The number of carbonyl (C=O) groups excluding carboxylic acids is 1. The largest absolute Gasteiger partial charge is 0.350 e. The molecule has 0 radical (unpaired) electrons. The highest BCUT2D eigenvalue weighted by Gasteiger charge is 2.15. The van der Waals surface area contributed by atoms with Crippen LogP contribution in [0.4, 0.5) is 15.8 Å². The van der Waals surface area contributed by atoms with Gasteiger partial charge in [0.1, 0.15) is 11.5 Å². The Morgan fingerprint density at radius 1 is 1.08 bits per heavy atom. The van der Waals surface area contributed by atoms with E-state index < -0.39 is 21.7 Å². The number of nitrogens with one attached hydrogen (secondary N) is 2. The van der Waals surface area contributed by atoms with Crippen molar-refractivity contribution in [2.45, 2.75) is 0 Å². The minimum Gasteiger partial charge on any atom is -0.350 e. The number of anilines is 2. The summed E-state index contributed by atoms with van der Waals surface area (Å²) in [6, 6.07) is 13.3. The number of halogens is 1. The van der Waals surface area contributed by atoms with Gasteiger partial charge in [-0.1, -0.05) is 17.3 Å². The second-order valence-corrected chi connectivity index (χ2v) is 7.24. The number of benzene rings is 2. The summed E-state index contributed by atoms with van der Waals surface area (Å²) in [4.78, 5) is 12.2. The number of amides is 1. The van der Waals surface area contributed by atoms with Crippen molar-refractivity contribution in [3.8, 4) is 11.3 Å². The number of hydrogen-bond acceptors (Lipinski definition) is 5. The topological polar surface area (TPSA) is 101 Å². The highest BCUT2D eigenvalue weighted by molar-refractivity contribution is 7.92. The highest BCUT2D eigenvalue weighted by Crippen LogP contribution is 2.21. The minimum absolute atomic E-state index is 0.0393. The van der Waals surface area contributed by atoms with Gasteiger partial charge in [0.2, 0.25) is 15.8 Å². The normalized spacial score (nSPS) is 11.2. The molecule has 0 bridgehead atoms. The van der Waals surface area contributed by atoms with Gasteiger partial charge in [0.25, 0.3) is 5.91 Å². The molecule has 3 rings (SSSR count). The Labute approximate surface area is 148 Å². The molecule has 134 valence electrons. The summed E-state index contributed by atoms with van der Waals surface area (Å²) in [7, 11) is -3.37. The Bertz CT molecular complexity index is 1050. The van der Waals surface area contributed by atoms with Crippen LogP contribution >= 0.6 is 0 Å². The first-order valence-electron chi connectivity index (χ1n) is 7.42. The van der Waals surface area contributed by atoms with Crippen LogP contribution < -0.4 is 10.0 Å². The van der Waals surface area contributed by atoms with Crippen LogP contribution in [0.25, 0.3) is 11.3 Å². The highest BCUT2D eigenvalue weighted by atomic mass is 32.2. The molecule has 0 aliphatic carbocycles. The van der Waals surface area contributed by atoms with Crippen molar-refractivity contribution in [1.29, 1.82) is 0 Å². The maximum atomic E-state index is 13.3. The second-order valence-electron chi connectivity index (χ2n) is 5.49. The van der Waals surface area contributed by atoms with Gasteiger partial charge in [-0.05, 0) is 36.4 Å². The van der Waals surface area contributed by atoms with Crippen molar-refractivity contribution < 1.29 is 22.1 Å². The van der Waals surface area contributed by atoms with Gasteiger partial charge in [-0.15, -0.1) is 0 Å². The molecular formula is C17H14FN3O4S. The van der Waals surface area contributed by atoms with E-state index in [2.05, 4.69) is 15.2 Å². The zero-order valence-electron chi connectivity index (χ0n) is 13.6. The maximum Gasteiger partial charge on any atom is 0.294 e. The summed E-state index contributed by atoms with van der Waals surface area (Å²) in [5.41, 5.74) is 1.64. The standard InChI is InChI=1S/C17H14FN3O4S/c1-26(23,24)21-14-7-5-13(6-8-14)19-17(22)16-10-15(20-25-16)11-3-2-4-12(18)9-11/h2-10,21H,1H3,(H,19,22). The Morgan fingerprint density at radius 3 is 2.42 bits per heavy atom. The molecule has 0 saturated heterocycles. The van der Waals surface area contributed by atoms with E-state index in [1.54, 1.807) is 6.07 Å². The average Bonchev–Trinajstić information content (AvgIpc) is 3.05. The molecule has 0 saturated carbocycles. The fourth-order valence-electron chi connectivity index (χ4n) is 2.19. The van der Waals surface area contributed by atoms with Gasteiger partial charge in [0.15, 0.2) is 0 Å². The van der Waals surface area contributed by atoms with Crippen molar-refractivity contribution in [3.63, 3.8) is 0 Å². The van der Waals surface area contributed by atoms with Crippen LogP contribution in [-0.4, -0.2) is 25.7 Å². The van der Waals surface area contributed by atoms with Crippen LogP contribution in [0, 0.1) is 5.82 Å². The monoisotopic (exact) mass is 375 g/mol. The molecule has 0 spiro atoms. The van der Waals surface area contributed by atoms with E-state index in [4.69, 9.17) is 4.52 Å². The van der Waals surface area contributed by atoms with Gasteiger partial charge in [0.05, 0.1) is 6.26 Å². The minimum atomic E-state index is -3.37. The Balaban J connectivity index is 1.71. The first-order valence-corrected chi connectivity index (χ1v) is 9.31. The van der Waals surface area contributed by atoms with Crippen LogP contribution in [-0.2, 0) is 10.0 Å². The SMILES string of the molecule is CS(=O)(=O)Nc1ccc(NC(=O)c2cc(-c3cccc(F)c3)no2)cc1. The maximum absolute atomic E-state index is 13.3. The van der Waals surface area contributed by atoms with Gasteiger partial charge in [-0.3, -0.25) is 9.52 Å². The summed E-state index contributed by atoms with van der Waals surface area (Å²) >= 11 is 0. The molecule has 0 unspecified atom stereocenters. The van der Waals surface area contributed by atoms with Gasteiger partial charge in [-0.2, -0.15) is 0 Å². The van der Waals surface area contributed by atoms with Crippen molar-refractivity contribution in [1.82, 2.24) is 5.16 Å². The predicted molar refractivity (Wildman–Crippen MR) is 94.8 cm³/mol. The lowest BCUT2D eigenvalue weighted by atomic mass is 10.1. The number of hydrogen-bond donors (Lipinski definition) is 2. The summed E-state index contributed by atoms with van der Waals surface area (Å²) in [6.45, 7) is 0. The van der Waals surface area contributed by atoms with E-state index in [0.29, 0.717) is 22.6 Å². The van der Waals surface area contributed by atoms with Crippen LogP contribution in [0.5, 0.6) is 0 Å². The van der Waals surface area contributed by atoms with Crippen molar-refractivity contribution >= 4 is 27.3 Å². The van der Waals surface area contributed by atoms with Crippen molar-refractivity contribution in [2.24, 2.45) is 0 Å². The third kappa shape index (κ3) is 4.45. The molecule has 0 fully saturated rings. The van der Waals surface area contributed by atoms with Crippen molar-refractivity contribution in [2.75, 3.05) is 16.3 Å². The molecule has 2 aromatic carbocycles. The molecular weight excluding hydrogens is 361 g/mol.